The van der Waals surface area contributed by atoms with Gasteiger partial charge in [0, 0.05) is 6.54 Å². The van der Waals surface area contributed by atoms with Gasteiger partial charge in [0.1, 0.15) is 11.5 Å². The first-order chi connectivity index (χ1) is 8.16. The van der Waals surface area contributed by atoms with Crippen molar-refractivity contribution in [2.45, 2.75) is 19.5 Å². The van der Waals surface area contributed by atoms with Crippen molar-refractivity contribution in [3.05, 3.63) is 52.4 Å². The van der Waals surface area contributed by atoms with Gasteiger partial charge in [0.15, 0.2) is 0 Å². The van der Waals surface area contributed by atoms with Gasteiger partial charge in [-0.25, -0.2) is 0 Å². The minimum Gasteiger partial charge on any atom is -0.507 e. The Hall–Kier alpha value is -1.26. The lowest BCUT2D eigenvalue weighted by molar-refractivity contribution is 0.430. The molecule has 2 rings (SSSR count). The zero-order chi connectivity index (χ0) is 12.3. The van der Waals surface area contributed by atoms with E-state index in [4.69, 9.17) is 4.42 Å². The van der Waals surface area contributed by atoms with Gasteiger partial charge in [-0.05, 0) is 52.7 Å². The third kappa shape index (κ3) is 3.11. The Morgan fingerprint density at radius 1 is 1.41 bits per heavy atom. The number of hydrogen-bond donors (Lipinski definition) is 2. The summed E-state index contributed by atoms with van der Waals surface area (Å²) in [6.07, 6.45) is 1.67. The molecule has 0 spiro atoms. The van der Waals surface area contributed by atoms with Gasteiger partial charge in [-0.1, -0.05) is 6.07 Å². The standard InChI is InChI=1S/C13H14BrNO2/c1-9(13-3-2-6-17-13)15-8-10-4-5-12(16)11(14)7-10/h2-7,9,15-16H,8H2,1H3/t9-/m1/s1. The topological polar surface area (TPSA) is 45.4 Å². The van der Waals surface area contributed by atoms with Crippen LogP contribution in [0.15, 0.2) is 45.5 Å². The number of aromatic hydroxyl groups is 1. The predicted molar refractivity (Wildman–Crippen MR) is 69.8 cm³/mol. The van der Waals surface area contributed by atoms with Crippen molar-refractivity contribution in [1.29, 1.82) is 0 Å². The van der Waals surface area contributed by atoms with E-state index in [-0.39, 0.29) is 11.8 Å². The summed E-state index contributed by atoms with van der Waals surface area (Å²) < 4.78 is 6.03. The van der Waals surface area contributed by atoms with Crippen LogP contribution in [0, 0.1) is 0 Å². The highest BCUT2D eigenvalue weighted by Crippen LogP contribution is 2.24. The molecule has 0 saturated heterocycles. The molecule has 0 saturated carbocycles. The Kier molecular flexibility index (Phi) is 3.86. The Bertz CT molecular complexity index is 482. The smallest absolute Gasteiger partial charge is 0.129 e. The molecule has 0 bridgehead atoms. The fourth-order valence-corrected chi connectivity index (χ4v) is 2.00. The van der Waals surface area contributed by atoms with Crippen molar-refractivity contribution < 1.29 is 9.52 Å². The molecule has 0 amide bonds. The highest BCUT2D eigenvalue weighted by Gasteiger charge is 2.07. The van der Waals surface area contributed by atoms with Crippen molar-refractivity contribution in [3.8, 4) is 5.75 Å². The summed E-state index contributed by atoms with van der Waals surface area (Å²) in [5.41, 5.74) is 1.10. The maximum absolute atomic E-state index is 9.39. The lowest BCUT2D eigenvalue weighted by Gasteiger charge is -2.11. The number of phenolic OH excluding ortho intramolecular Hbond substituents is 1. The molecule has 0 aliphatic rings. The molecule has 17 heavy (non-hydrogen) atoms. The fraction of sp³-hybridized carbons (Fsp3) is 0.231. The minimum absolute atomic E-state index is 0.164. The average Bonchev–Trinajstić information content (AvgIpc) is 2.84. The Morgan fingerprint density at radius 2 is 2.24 bits per heavy atom. The van der Waals surface area contributed by atoms with Gasteiger partial charge in [0.25, 0.3) is 0 Å². The summed E-state index contributed by atoms with van der Waals surface area (Å²) in [5, 5.41) is 12.7. The molecule has 2 N–H and O–H groups in total. The second kappa shape index (κ2) is 5.38. The molecular formula is C13H14BrNO2. The second-order valence-electron chi connectivity index (χ2n) is 3.90. The Labute approximate surface area is 109 Å². The van der Waals surface area contributed by atoms with Crippen LogP contribution in [-0.4, -0.2) is 5.11 Å². The maximum atomic E-state index is 9.39. The summed E-state index contributed by atoms with van der Waals surface area (Å²) in [5.74, 6) is 1.18. The van der Waals surface area contributed by atoms with E-state index in [1.165, 1.54) is 0 Å². The molecule has 1 heterocycles. The van der Waals surface area contributed by atoms with E-state index in [0.29, 0.717) is 4.47 Å². The van der Waals surface area contributed by atoms with Crippen LogP contribution in [0.3, 0.4) is 0 Å². The van der Waals surface area contributed by atoms with Gasteiger partial charge in [-0.2, -0.15) is 0 Å². The van der Waals surface area contributed by atoms with Crippen molar-refractivity contribution in [1.82, 2.24) is 5.32 Å². The number of halogens is 1. The molecule has 0 aliphatic heterocycles. The van der Waals surface area contributed by atoms with E-state index in [1.807, 2.05) is 31.2 Å². The normalized spacial score (nSPS) is 12.6. The summed E-state index contributed by atoms with van der Waals surface area (Å²) in [7, 11) is 0. The van der Waals surface area contributed by atoms with Crippen molar-refractivity contribution in [3.63, 3.8) is 0 Å². The monoisotopic (exact) mass is 295 g/mol. The van der Waals surface area contributed by atoms with E-state index >= 15 is 0 Å². The number of hydrogen-bond acceptors (Lipinski definition) is 3. The molecular weight excluding hydrogens is 282 g/mol. The number of nitrogens with one attached hydrogen (secondary N) is 1. The van der Waals surface area contributed by atoms with E-state index in [9.17, 15) is 5.11 Å². The molecule has 2 aromatic rings. The molecule has 0 aliphatic carbocycles. The van der Waals surface area contributed by atoms with Crippen LogP contribution >= 0.6 is 15.9 Å². The largest absolute Gasteiger partial charge is 0.507 e. The molecule has 90 valence electrons. The van der Waals surface area contributed by atoms with Crippen LogP contribution in [0.2, 0.25) is 0 Å². The highest BCUT2D eigenvalue weighted by molar-refractivity contribution is 9.10. The molecule has 0 fully saturated rings. The van der Waals surface area contributed by atoms with Gasteiger partial charge in [-0.3, -0.25) is 0 Å². The predicted octanol–water partition coefficient (Wildman–Crippen LogP) is 3.60. The first-order valence-corrected chi connectivity index (χ1v) is 6.20. The van der Waals surface area contributed by atoms with Crippen molar-refractivity contribution >= 4 is 15.9 Å². The lowest BCUT2D eigenvalue weighted by atomic mass is 10.2. The van der Waals surface area contributed by atoms with Crippen molar-refractivity contribution in [2.75, 3.05) is 0 Å². The maximum Gasteiger partial charge on any atom is 0.129 e. The van der Waals surface area contributed by atoms with Crippen LogP contribution in [0.1, 0.15) is 24.3 Å². The molecule has 0 unspecified atom stereocenters. The molecule has 0 radical (unpaired) electrons. The first-order valence-electron chi connectivity index (χ1n) is 5.41. The van der Waals surface area contributed by atoms with Crippen LogP contribution in [-0.2, 0) is 6.54 Å². The van der Waals surface area contributed by atoms with Crippen LogP contribution in [0.25, 0.3) is 0 Å². The summed E-state index contributed by atoms with van der Waals surface area (Å²) in [6.45, 7) is 2.77. The van der Waals surface area contributed by atoms with E-state index in [2.05, 4.69) is 21.2 Å². The van der Waals surface area contributed by atoms with Gasteiger partial charge in [0.05, 0.1) is 16.8 Å². The van der Waals surface area contributed by atoms with Crippen molar-refractivity contribution in [2.24, 2.45) is 0 Å². The molecule has 1 atom stereocenters. The van der Waals surface area contributed by atoms with Crippen LogP contribution in [0.5, 0.6) is 5.75 Å². The highest BCUT2D eigenvalue weighted by atomic mass is 79.9. The van der Waals surface area contributed by atoms with Crippen LogP contribution in [0.4, 0.5) is 0 Å². The zero-order valence-corrected chi connectivity index (χ0v) is 11.1. The van der Waals surface area contributed by atoms with Gasteiger partial charge >= 0.3 is 0 Å². The van der Waals surface area contributed by atoms with Crippen LogP contribution < -0.4 is 5.32 Å². The molecule has 1 aromatic heterocycles. The second-order valence-corrected chi connectivity index (χ2v) is 4.76. The van der Waals surface area contributed by atoms with Gasteiger partial charge < -0.3 is 14.8 Å². The third-order valence-corrected chi connectivity index (χ3v) is 3.23. The van der Waals surface area contributed by atoms with Gasteiger partial charge in [-0.15, -0.1) is 0 Å². The number of furan rings is 1. The summed E-state index contributed by atoms with van der Waals surface area (Å²) >= 11 is 3.30. The minimum atomic E-state index is 0.164. The SMILES string of the molecule is C[C@@H](NCc1ccc(O)c(Br)c1)c1ccco1. The third-order valence-electron chi connectivity index (χ3n) is 2.59. The number of phenols is 1. The lowest BCUT2D eigenvalue weighted by Crippen LogP contribution is -2.17. The quantitative estimate of drug-likeness (QED) is 0.906. The van der Waals surface area contributed by atoms with Gasteiger partial charge in [0.2, 0.25) is 0 Å². The number of rotatable bonds is 4. The molecule has 3 nitrogen and oxygen atoms in total. The summed E-state index contributed by atoms with van der Waals surface area (Å²) in [4.78, 5) is 0. The summed E-state index contributed by atoms with van der Waals surface area (Å²) in [6, 6.07) is 9.46. The molecule has 4 heteroatoms. The fourth-order valence-electron chi connectivity index (χ4n) is 1.57. The Morgan fingerprint density at radius 3 is 2.88 bits per heavy atom. The van der Waals surface area contributed by atoms with E-state index in [1.54, 1.807) is 12.3 Å². The Balaban J connectivity index is 1.96. The first kappa shape index (κ1) is 12.2. The average molecular weight is 296 g/mol. The van der Waals surface area contributed by atoms with E-state index in [0.717, 1.165) is 17.9 Å². The van der Waals surface area contributed by atoms with E-state index < -0.39 is 0 Å². The zero-order valence-electron chi connectivity index (χ0n) is 9.48. The molecule has 1 aromatic carbocycles. The number of benzene rings is 1.